The summed E-state index contributed by atoms with van der Waals surface area (Å²) >= 11 is 0. The number of hydrogen-bond donors (Lipinski definition) is 2. The number of rotatable bonds is 3. The van der Waals surface area contributed by atoms with E-state index >= 15 is 0 Å². The highest BCUT2D eigenvalue weighted by atomic mass is 16.2. The Kier molecular flexibility index (Phi) is 3.11. The average Bonchev–Trinajstić information content (AvgIpc) is 2.49. The molecule has 1 heterocycles. The van der Waals surface area contributed by atoms with Gasteiger partial charge in [-0.05, 0) is 20.8 Å². The normalized spacial score (nSPS) is 12.9. The van der Waals surface area contributed by atoms with Gasteiger partial charge in [0.2, 0.25) is 5.91 Å². The van der Waals surface area contributed by atoms with E-state index < -0.39 is 0 Å². The first-order valence-electron chi connectivity index (χ1n) is 4.60. The van der Waals surface area contributed by atoms with Gasteiger partial charge < -0.3 is 11.1 Å². The second-order valence-electron chi connectivity index (χ2n) is 3.59. The minimum absolute atomic E-state index is 0.0527. The van der Waals surface area contributed by atoms with E-state index in [-0.39, 0.29) is 18.0 Å². The molecule has 0 aliphatic rings. The van der Waals surface area contributed by atoms with Crippen LogP contribution in [0.5, 0.6) is 0 Å². The molecule has 1 amide bonds. The van der Waals surface area contributed by atoms with Crippen LogP contribution in [-0.4, -0.2) is 21.7 Å². The molecule has 14 heavy (non-hydrogen) atoms. The predicted molar refractivity (Wildman–Crippen MR) is 54.6 cm³/mol. The molecule has 5 heteroatoms. The highest BCUT2D eigenvalue weighted by Crippen LogP contribution is 2.07. The summed E-state index contributed by atoms with van der Waals surface area (Å²) in [5, 5.41) is 6.78. The van der Waals surface area contributed by atoms with Gasteiger partial charge in [-0.15, -0.1) is 0 Å². The van der Waals surface area contributed by atoms with E-state index in [0.717, 1.165) is 0 Å². The van der Waals surface area contributed by atoms with Crippen molar-refractivity contribution in [2.24, 2.45) is 0 Å². The van der Waals surface area contributed by atoms with Crippen LogP contribution in [0.2, 0.25) is 0 Å². The summed E-state index contributed by atoms with van der Waals surface area (Å²) in [6.07, 6.45) is 3.17. The Hall–Kier alpha value is -1.52. The largest absolute Gasteiger partial charge is 0.396 e. The third-order valence-corrected chi connectivity index (χ3v) is 1.83. The fraction of sp³-hybridized carbons (Fsp3) is 0.556. The quantitative estimate of drug-likeness (QED) is 0.741. The molecule has 5 nitrogen and oxygen atoms in total. The third-order valence-electron chi connectivity index (χ3n) is 1.83. The summed E-state index contributed by atoms with van der Waals surface area (Å²) in [7, 11) is 0. The molecule has 0 spiro atoms. The van der Waals surface area contributed by atoms with Crippen molar-refractivity contribution < 1.29 is 4.79 Å². The highest BCUT2D eigenvalue weighted by Gasteiger charge is 2.15. The molecule has 1 aromatic rings. The maximum absolute atomic E-state index is 11.6. The molecule has 0 aliphatic carbocycles. The molecular formula is C9H16N4O. The average molecular weight is 196 g/mol. The molecule has 0 fully saturated rings. The summed E-state index contributed by atoms with van der Waals surface area (Å²) < 4.78 is 1.55. The van der Waals surface area contributed by atoms with Crippen molar-refractivity contribution in [1.82, 2.24) is 15.1 Å². The van der Waals surface area contributed by atoms with Gasteiger partial charge in [-0.25, -0.2) is 0 Å². The lowest BCUT2D eigenvalue weighted by atomic mass is 10.3. The predicted octanol–water partition coefficient (Wildman–Crippen LogP) is 0.551. The van der Waals surface area contributed by atoms with Crippen LogP contribution in [0.1, 0.15) is 26.8 Å². The maximum Gasteiger partial charge on any atom is 0.244 e. The second-order valence-corrected chi connectivity index (χ2v) is 3.59. The van der Waals surface area contributed by atoms with Crippen molar-refractivity contribution in [3.8, 4) is 0 Å². The first kappa shape index (κ1) is 10.6. The number of nitrogen functional groups attached to an aromatic ring is 1. The van der Waals surface area contributed by atoms with Crippen molar-refractivity contribution >= 4 is 11.6 Å². The summed E-state index contributed by atoms with van der Waals surface area (Å²) in [5.41, 5.74) is 6.07. The van der Waals surface area contributed by atoms with E-state index in [4.69, 9.17) is 5.73 Å². The van der Waals surface area contributed by atoms with Gasteiger partial charge in [0.15, 0.2) is 0 Å². The number of nitrogens with two attached hydrogens (primary N) is 1. The molecule has 3 N–H and O–H groups in total. The van der Waals surface area contributed by atoms with Crippen molar-refractivity contribution in [2.45, 2.75) is 32.9 Å². The van der Waals surface area contributed by atoms with E-state index in [1.54, 1.807) is 17.8 Å². The van der Waals surface area contributed by atoms with Gasteiger partial charge in [0.1, 0.15) is 6.04 Å². The number of aromatic nitrogens is 2. The molecule has 0 radical (unpaired) electrons. The number of carbonyl (C=O) groups is 1. The minimum atomic E-state index is -0.324. The Morgan fingerprint density at radius 3 is 2.64 bits per heavy atom. The fourth-order valence-corrected chi connectivity index (χ4v) is 1.09. The third kappa shape index (κ3) is 2.48. The van der Waals surface area contributed by atoms with Crippen molar-refractivity contribution in [2.75, 3.05) is 5.73 Å². The van der Waals surface area contributed by atoms with E-state index in [2.05, 4.69) is 10.4 Å². The molecule has 1 unspecified atom stereocenters. The van der Waals surface area contributed by atoms with Gasteiger partial charge in [0.05, 0.1) is 11.9 Å². The monoisotopic (exact) mass is 196 g/mol. The van der Waals surface area contributed by atoms with Crippen LogP contribution in [0.3, 0.4) is 0 Å². The summed E-state index contributed by atoms with van der Waals surface area (Å²) in [4.78, 5) is 11.6. The van der Waals surface area contributed by atoms with Crippen LogP contribution in [0.4, 0.5) is 5.69 Å². The molecule has 0 aromatic carbocycles. The van der Waals surface area contributed by atoms with Crippen molar-refractivity contribution in [3.05, 3.63) is 12.4 Å². The lowest BCUT2D eigenvalue weighted by Crippen LogP contribution is -2.35. The molecule has 0 saturated carbocycles. The first-order valence-corrected chi connectivity index (χ1v) is 4.60. The number of hydrogen-bond acceptors (Lipinski definition) is 3. The van der Waals surface area contributed by atoms with Crippen LogP contribution < -0.4 is 11.1 Å². The Morgan fingerprint density at radius 2 is 2.21 bits per heavy atom. The number of amides is 1. The van der Waals surface area contributed by atoms with Gasteiger partial charge in [-0.1, -0.05) is 0 Å². The zero-order valence-corrected chi connectivity index (χ0v) is 8.69. The van der Waals surface area contributed by atoms with Gasteiger partial charge in [0.25, 0.3) is 0 Å². The van der Waals surface area contributed by atoms with Crippen LogP contribution in [-0.2, 0) is 4.79 Å². The van der Waals surface area contributed by atoms with Crippen LogP contribution >= 0.6 is 0 Å². The number of nitrogens with one attached hydrogen (secondary N) is 1. The van der Waals surface area contributed by atoms with Gasteiger partial charge in [-0.2, -0.15) is 5.10 Å². The lowest BCUT2D eigenvalue weighted by molar-refractivity contribution is -0.124. The summed E-state index contributed by atoms with van der Waals surface area (Å²) in [5.74, 6) is -0.0527. The smallest absolute Gasteiger partial charge is 0.244 e. The van der Waals surface area contributed by atoms with E-state index in [9.17, 15) is 4.79 Å². The topological polar surface area (TPSA) is 72.9 Å². The number of anilines is 1. The van der Waals surface area contributed by atoms with Crippen LogP contribution in [0.25, 0.3) is 0 Å². The van der Waals surface area contributed by atoms with Crippen molar-refractivity contribution in [1.29, 1.82) is 0 Å². The van der Waals surface area contributed by atoms with Gasteiger partial charge >= 0.3 is 0 Å². The zero-order chi connectivity index (χ0) is 10.7. The Balaban J connectivity index is 2.65. The second kappa shape index (κ2) is 4.13. The number of carbonyl (C=O) groups excluding carboxylic acids is 1. The molecule has 1 rings (SSSR count). The zero-order valence-electron chi connectivity index (χ0n) is 8.69. The molecule has 0 aliphatic heterocycles. The Labute approximate surface area is 83.3 Å². The molecule has 0 bridgehead atoms. The fourth-order valence-electron chi connectivity index (χ4n) is 1.09. The van der Waals surface area contributed by atoms with E-state index in [1.807, 2.05) is 13.8 Å². The molecule has 1 atom stereocenters. The van der Waals surface area contributed by atoms with Gasteiger partial charge in [0, 0.05) is 12.2 Å². The molecule has 0 saturated heterocycles. The minimum Gasteiger partial charge on any atom is -0.396 e. The van der Waals surface area contributed by atoms with E-state index in [0.29, 0.717) is 5.69 Å². The van der Waals surface area contributed by atoms with Crippen LogP contribution in [0.15, 0.2) is 12.4 Å². The molecule has 1 aromatic heterocycles. The lowest BCUT2D eigenvalue weighted by Gasteiger charge is -2.14. The van der Waals surface area contributed by atoms with Crippen LogP contribution in [0, 0.1) is 0 Å². The summed E-state index contributed by atoms with van der Waals surface area (Å²) in [6, 6.07) is -0.187. The van der Waals surface area contributed by atoms with Gasteiger partial charge in [-0.3, -0.25) is 9.48 Å². The first-order chi connectivity index (χ1) is 6.50. The summed E-state index contributed by atoms with van der Waals surface area (Å²) in [6.45, 7) is 5.62. The standard InChI is InChI=1S/C9H16N4O/c1-6(2)12-9(14)7(3)13-5-8(10)4-11-13/h4-7H,10H2,1-3H3,(H,12,14). The maximum atomic E-state index is 11.6. The molecular weight excluding hydrogens is 180 g/mol. The SMILES string of the molecule is CC(C)NC(=O)C(C)n1cc(N)cn1. The highest BCUT2D eigenvalue weighted by molar-refractivity contribution is 5.80. The molecule has 78 valence electrons. The Bertz CT molecular complexity index is 318. The Morgan fingerprint density at radius 1 is 1.57 bits per heavy atom. The van der Waals surface area contributed by atoms with Crippen molar-refractivity contribution in [3.63, 3.8) is 0 Å². The van der Waals surface area contributed by atoms with E-state index in [1.165, 1.54) is 6.20 Å². The number of nitrogens with zero attached hydrogens (tertiary/aromatic N) is 2.